The summed E-state index contributed by atoms with van der Waals surface area (Å²) in [5, 5.41) is 3.37. The summed E-state index contributed by atoms with van der Waals surface area (Å²) in [5.74, 6) is 2.44. The summed E-state index contributed by atoms with van der Waals surface area (Å²) >= 11 is 0. The Bertz CT molecular complexity index is 716. The Hall–Kier alpha value is -2.10. The molecule has 0 amide bonds. The lowest BCUT2D eigenvalue weighted by Crippen LogP contribution is -2.35. The summed E-state index contributed by atoms with van der Waals surface area (Å²) in [4.78, 5) is 11.7. The fourth-order valence-corrected chi connectivity index (χ4v) is 3.35. The fraction of sp³-hybridized carbons (Fsp3) is 0.524. The molecule has 0 radical (unpaired) electrons. The Balaban J connectivity index is 1.78. The lowest BCUT2D eigenvalue weighted by atomic mass is 9.87. The van der Waals surface area contributed by atoms with E-state index in [4.69, 9.17) is 4.98 Å². The van der Waals surface area contributed by atoms with Gasteiger partial charge in [0.2, 0.25) is 5.95 Å². The molecule has 4 nitrogen and oxygen atoms in total. The Morgan fingerprint density at radius 2 is 1.84 bits per heavy atom. The highest BCUT2D eigenvalue weighted by molar-refractivity contribution is 5.56. The predicted molar refractivity (Wildman–Crippen MR) is 106 cm³/mol. The van der Waals surface area contributed by atoms with Gasteiger partial charge in [-0.05, 0) is 48.8 Å². The van der Waals surface area contributed by atoms with Crippen molar-refractivity contribution in [3.05, 3.63) is 41.6 Å². The molecular weight excluding hydrogens is 308 g/mol. The number of rotatable bonds is 3. The van der Waals surface area contributed by atoms with E-state index in [0.29, 0.717) is 5.95 Å². The normalized spacial score (nSPS) is 18.3. The molecule has 2 aromatic rings. The maximum Gasteiger partial charge on any atom is 0.229 e. The molecule has 1 saturated heterocycles. The number of anilines is 3. The summed E-state index contributed by atoms with van der Waals surface area (Å²) in [6.45, 7) is 13.2. The van der Waals surface area contributed by atoms with Crippen molar-refractivity contribution in [2.24, 2.45) is 5.92 Å². The van der Waals surface area contributed by atoms with Crippen molar-refractivity contribution in [3.63, 3.8) is 0 Å². The van der Waals surface area contributed by atoms with E-state index in [9.17, 15) is 0 Å². The molecule has 4 heteroatoms. The van der Waals surface area contributed by atoms with Gasteiger partial charge in [0.25, 0.3) is 0 Å². The second-order valence-corrected chi connectivity index (χ2v) is 8.34. The van der Waals surface area contributed by atoms with Crippen LogP contribution in [-0.2, 0) is 5.41 Å². The summed E-state index contributed by atoms with van der Waals surface area (Å²) in [6.07, 6.45) is 2.55. The van der Waals surface area contributed by atoms with Crippen molar-refractivity contribution in [2.45, 2.75) is 52.9 Å². The SMILES string of the molecule is Cc1cc(N2CCCC(C)C2)nc(Nc2ccc(C(C)(C)C)cc2)n1. The third-order valence-electron chi connectivity index (χ3n) is 4.83. The maximum absolute atomic E-state index is 4.76. The van der Waals surface area contributed by atoms with E-state index < -0.39 is 0 Å². The number of benzene rings is 1. The van der Waals surface area contributed by atoms with E-state index in [2.05, 4.69) is 73.2 Å². The number of nitrogens with one attached hydrogen (secondary N) is 1. The molecule has 0 spiro atoms. The first-order chi connectivity index (χ1) is 11.8. The average Bonchev–Trinajstić information content (AvgIpc) is 2.54. The van der Waals surface area contributed by atoms with Gasteiger partial charge in [0.15, 0.2) is 0 Å². The quantitative estimate of drug-likeness (QED) is 0.849. The first kappa shape index (κ1) is 17.7. The molecule has 1 aromatic heterocycles. The zero-order valence-corrected chi connectivity index (χ0v) is 16.1. The molecule has 0 aliphatic carbocycles. The molecule has 0 saturated carbocycles. The van der Waals surface area contributed by atoms with Crippen LogP contribution in [0.15, 0.2) is 30.3 Å². The standard InChI is InChI=1S/C21H30N4/c1-15-7-6-12-25(14-15)19-13-16(2)22-20(24-19)23-18-10-8-17(9-11-18)21(3,4)5/h8-11,13,15H,6-7,12,14H2,1-5H3,(H,22,23,24). The Kier molecular flexibility index (Phi) is 4.98. The summed E-state index contributed by atoms with van der Waals surface area (Å²) < 4.78 is 0. The van der Waals surface area contributed by atoms with Gasteiger partial charge < -0.3 is 10.2 Å². The largest absolute Gasteiger partial charge is 0.356 e. The topological polar surface area (TPSA) is 41.1 Å². The molecule has 1 N–H and O–H groups in total. The lowest BCUT2D eigenvalue weighted by Gasteiger charge is -2.32. The van der Waals surface area contributed by atoms with Crippen LogP contribution in [0.1, 0.15) is 51.8 Å². The molecule has 1 aromatic carbocycles. The number of hydrogen-bond donors (Lipinski definition) is 1. The van der Waals surface area contributed by atoms with Crippen LogP contribution in [0.2, 0.25) is 0 Å². The van der Waals surface area contributed by atoms with Gasteiger partial charge in [-0.25, -0.2) is 4.98 Å². The zero-order chi connectivity index (χ0) is 18.0. The zero-order valence-electron chi connectivity index (χ0n) is 16.1. The van der Waals surface area contributed by atoms with E-state index in [1.54, 1.807) is 0 Å². The van der Waals surface area contributed by atoms with Gasteiger partial charge >= 0.3 is 0 Å². The molecule has 1 atom stereocenters. The van der Waals surface area contributed by atoms with E-state index in [1.807, 2.05) is 6.92 Å². The third kappa shape index (κ3) is 4.50. The molecule has 134 valence electrons. The molecule has 1 aliphatic rings. The van der Waals surface area contributed by atoms with Crippen LogP contribution in [0, 0.1) is 12.8 Å². The van der Waals surface area contributed by atoms with Crippen LogP contribution in [0.5, 0.6) is 0 Å². The smallest absolute Gasteiger partial charge is 0.229 e. The minimum absolute atomic E-state index is 0.163. The van der Waals surface area contributed by atoms with E-state index in [-0.39, 0.29) is 5.41 Å². The maximum atomic E-state index is 4.76. The van der Waals surface area contributed by atoms with Crippen LogP contribution in [0.4, 0.5) is 17.5 Å². The van der Waals surface area contributed by atoms with Gasteiger partial charge in [-0.15, -0.1) is 0 Å². The minimum atomic E-state index is 0.163. The van der Waals surface area contributed by atoms with Gasteiger partial charge in [-0.1, -0.05) is 39.8 Å². The van der Waals surface area contributed by atoms with Gasteiger partial charge in [0.05, 0.1) is 0 Å². The molecule has 0 bridgehead atoms. The van der Waals surface area contributed by atoms with Crippen LogP contribution in [0.25, 0.3) is 0 Å². The number of hydrogen-bond acceptors (Lipinski definition) is 4. The fourth-order valence-electron chi connectivity index (χ4n) is 3.35. The second kappa shape index (κ2) is 7.03. The van der Waals surface area contributed by atoms with Crippen molar-refractivity contribution >= 4 is 17.5 Å². The average molecular weight is 338 g/mol. The van der Waals surface area contributed by atoms with Crippen molar-refractivity contribution in [2.75, 3.05) is 23.3 Å². The van der Waals surface area contributed by atoms with Crippen molar-refractivity contribution in [1.82, 2.24) is 9.97 Å². The van der Waals surface area contributed by atoms with E-state index in [0.717, 1.165) is 36.2 Å². The van der Waals surface area contributed by atoms with Crippen molar-refractivity contribution in [3.8, 4) is 0 Å². The number of nitrogens with zero attached hydrogens (tertiary/aromatic N) is 3. The van der Waals surface area contributed by atoms with Crippen molar-refractivity contribution in [1.29, 1.82) is 0 Å². The van der Waals surface area contributed by atoms with Gasteiger partial charge in [0, 0.05) is 30.5 Å². The van der Waals surface area contributed by atoms with Crippen LogP contribution in [-0.4, -0.2) is 23.1 Å². The summed E-state index contributed by atoms with van der Waals surface area (Å²) in [7, 11) is 0. The van der Waals surface area contributed by atoms with Gasteiger partial charge in [0.1, 0.15) is 5.82 Å². The molecule has 3 rings (SSSR count). The first-order valence-electron chi connectivity index (χ1n) is 9.29. The highest BCUT2D eigenvalue weighted by Crippen LogP contribution is 2.26. The van der Waals surface area contributed by atoms with Gasteiger partial charge in [-0.2, -0.15) is 4.98 Å². The molecule has 1 unspecified atom stereocenters. The molecule has 1 fully saturated rings. The molecule has 2 heterocycles. The minimum Gasteiger partial charge on any atom is -0.356 e. The molecule has 25 heavy (non-hydrogen) atoms. The monoisotopic (exact) mass is 338 g/mol. The number of aryl methyl sites for hydroxylation is 1. The Labute approximate surface area is 151 Å². The highest BCUT2D eigenvalue weighted by Gasteiger charge is 2.19. The molecular formula is C21H30N4. The van der Waals surface area contributed by atoms with E-state index >= 15 is 0 Å². The predicted octanol–water partition coefficient (Wildman–Crippen LogP) is 5.06. The first-order valence-corrected chi connectivity index (χ1v) is 9.29. The second-order valence-electron chi connectivity index (χ2n) is 8.34. The highest BCUT2D eigenvalue weighted by atomic mass is 15.2. The number of piperidine rings is 1. The summed E-state index contributed by atoms with van der Waals surface area (Å²) in [6, 6.07) is 10.6. The third-order valence-corrected chi connectivity index (χ3v) is 4.83. The van der Waals surface area contributed by atoms with Crippen LogP contribution >= 0.6 is 0 Å². The Morgan fingerprint density at radius 3 is 2.48 bits per heavy atom. The van der Waals surface area contributed by atoms with E-state index in [1.165, 1.54) is 18.4 Å². The van der Waals surface area contributed by atoms with Crippen LogP contribution < -0.4 is 10.2 Å². The molecule has 1 aliphatic heterocycles. The van der Waals surface area contributed by atoms with Crippen molar-refractivity contribution < 1.29 is 0 Å². The van der Waals surface area contributed by atoms with Gasteiger partial charge in [-0.3, -0.25) is 0 Å². The summed E-state index contributed by atoms with van der Waals surface area (Å²) in [5.41, 5.74) is 3.51. The van der Waals surface area contributed by atoms with Crippen LogP contribution in [0.3, 0.4) is 0 Å². The Morgan fingerprint density at radius 1 is 1.12 bits per heavy atom. The lowest BCUT2D eigenvalue weighted by molar-refractivity contribution is 0.444. The number of aromatic nitrogens is 2.